The topological polar surface area (TPSA) is 72.6 Å². The van der Waals surface area contributed by atoms with E-state index >= 15 is 0 Å². The number of nitrogens with zero attached hydrogens (tertiary/aromatic N) is 1. The molecule has 0 aromatic heterocycles. The van der Waals surface area contributed by atoms with E-state index in [2.05, 4.69) is 4.74 Å². The minimum absolute atomic E-state index is 0.0522. The van der Waals surface area contributed by atoms with Crippen LogP contribution in [0.1, 0.15) is 5.56 Å². The number of hydrogen-bond acceptors (Lipinski definition) is 4. The summed E-state index contributed by atoms with van der Waals surface area (Å²) in [5, 5.41) is 19.8. The van der Waals surface area contributed by atoms with Crippen LogP contribution in [0.3, 0.4) is 0 Å². The first kappa shape index (κ1) is 10.5. The van der Waals surface area contributed by atoms with Crippen LogP contribution in [0.25, 0.3) is 0 Å². The molecule has 0 saturated heterocycles. The van der Waals surface area contributed by atoms with Crippen molar-refractivity contribution >= 4 is 0 Å². The van der Waals surface area contributed by atoms with Gasteiger partial charge < -0.3 is 9.84 Å². The second-order valence-corrected chi connectivity index (χ2v) is 2.81. The van der Waals surface area contributed by atoms with Gasteiger partial charge in [0.25, 0.3) is 0 Å². The lowest BCUT2D eigenvalue weighted by molar-refractivity contribution is -0.572. The molecule has 0 saturated carbocycles. The summed E-state index contributed by atoms with van der Waals surface area (Å²) in [4.78, 5) is 9.92. The van der Waals surface area contributed by atoms with Crippen LogP contribution >= 0.6 is 0 Å². The quantitative estimate of drug-likeness (QED) is 0.447. The molecule has 0 fully saturated rings. The fourth-order valence-corrected chi connectivity index (χ4v) is 1.12. The van der Waals surface area contributed by atoms with Gasteiger partial charge in [-0.15, -0.1) is 0 Å². The van der Waals surface area contributed by atoms with E-state index in [9.17, 15) is 15.2 Å². The summed E-state index contributed by atoms with van der Waals surface area (Å²) in [6.45, 7) is 0. The third-order valence-electron chi connectivity index (χ3n) is 1.89. The summed E-state index contributed by atoms with van der Waals surface area (Å²) < 4.78 is 4.66. The zero-order valence-electron chi connectivity index (χ0n) is 7.71. The summed E-state index contributed by atoms with van der Waals surface area (Å²) in [5.74, 6) is 0.0522. The van der Waals surface area contributed by atoms with Crippen molar-refractivity contribution in [2.24, 2.45) is 0 Å². The maximum absolute atomic E-state index is 10.4. The van der Waals surface area contributed by atoms with E-state index in [1.54, 1.807) is 18.2 Å². The van der Waals surface area contributed by atoms with Gasteiger partial charge in [-0.05, 0) is 6.07 Å². The molecule has 1 rings (SSSR count). The van der Waals surface area contributed by atoms with Crippen molar-refractivity contribution in [1.29, 1.82) is 0 Å². The highest BCUT2D eigenvalue weighted by Gasteiger charge is 2.20. The normalized spacial score (nSPS) is 12.4. The fourth-order valence-electron chi connectivity index (χ4n) is 1.12. The Balaban J connectivity index is 2.77. The van der Waals surface area contributed by atoms with Crippen molar-refractivity contribution in [3.05, 3.63) is 39.9 Å². The zero-order valence-corrected chi connectivity index (χ0v) is 7.71. The van der Waals surface area contributed by atoms with Crippen LogP contribution in [-0.4, -0.2) is 23.4 Å². The average molecular weight is 197 g/mol. The molecule has 0 aliphatic heterocycles. The molecule has 0 radical (unpaired) electrons. The molecule has 5 nitrogen and oxygen atoms in total. The van der Waals surface area contributed by atoms with Gasteiger partial charge in [-0.25, -0.2) is 0 Å². The predicted octanol–water partition coefficient (Wildman–Crippen LogP) is 1.18. The lowest BCUT2D eigenvalue weighted by Gasteiger charge is -2.08. The molecule has 76 valence electrons. The van der Waals surface area contributed by atoms with Gasteiger partial charge in [-0.2, -0.15) is 0 Å². The van der Waals surface area contributed by atoms with Crippen LogP contribution < -0.4 is 0 Å². The smallest absolute Gasteiger partial charge is 0.319 e. The number of phenols is 1. The van der Waals surface area contributed by atoms with Crippen LogP contribution in [0.15, 0.2) is 24.3 Å². The molecule has 0 aliphatic carbocycles. The van der Waals surface area contributed by atoms with Gasteiger partial charge in [-0.3, -0.25) is 10.1 Å². The molecule has 14 heavy (non-hydrogen) atoms. The Morgan fingerprint density at radius 2 is 2.21 bits per heavy atom. The van der Waals surface area contributed by atoms with Crippen LogP contribution in [0, 0.1) is 10.1 Å². The minimum Gasteiger partial charge on any atom is -0.508 e. The SMILES string of the molecule is COC(Cc1ccccc1O)[N+](=O)[O-]. The number of methoxy groups -OCH3 is 1. The van der Waals surface area contributed by atoms with Gasteiger partial charge in [0.15, 0.2) is 0 Å². The van der Waals surface area contributed by atoms with Crippen LogP contribution in [0.4, 0.5) is 0 Å². The summed E-state index contributed by atoms with van der Waals surface area (Å²) in [6.07, 6.45) is -1.04. The number of rotatable bonds is 4. The Bertz CT molecular complexity index is 326. The van der Waals surface area contributed by atoms with Crippen molar-refractivity contribution in [3.63, 3.8) is 0 Å². The van der Waals surface area contributed by atoms with E-state index in [0.717, 1.165) is 0 Å². The number of hydrogen-bond donors (Lipinski definition) is 1. The first-order valence-electron chi connectivity index (χ1n) is 4.08. The van der Waals surface area contributed by atoms with Gasteiger partial charge in [0.1, 0.15) is 5.75 Å². The van der Waals surface area contributed by atoms with Gasteiger partial charge in [0.2, 0.25) is 0 Å². The van der Waals surface area contributed by atoms with Crippen LogP contribution in [-0.2, 0) is 11.2 Å². The number of phenolic OH excluding ortho intramolecular Hbond substituents is 1. The van der Waals surface area contributed by atoms with Crippen molar-refractivity contribution in [3.8, 4) is 5.75 Å². The maximum atomic E-state index is 10.4. The number of nitro groups is 1. The Kier molecular flexibility index (Phi) is 3.41. The van der Waals surface area contributed by atoms with E-state index in [0.29, 0.717) is 5.56 Å². The third kappa shape index (κ3) is 2.43. The summed E-state index contributed by atoms with van der Waals surface area (Å²) in [7, 11) is 1.27. The van der Waals surface area contributed by atoms with E-state index in [-0.39, 0.29) is 12.2 Å². The Hall–Kier alpha value is -1.62. The van der Waals surface area contributed by atoms with Crippen molar-refractivity contribution in [2.75, 3.05) is 7.11 Å². The number of benzene rings is 1. The van der Waals surface area contributed by atoms with Gasteiger partial charge in [0, 0.05) is 12.7 Å². The first-order chi connectivity index (χ1) is 6.65. The molecule has 1 unspecified atom stereocenters. The zero-order chi connectivity index (χ0) is 10.6. The molecule has 1 N–H and O–H groups in total. The second-order valence-electron chi connectivity index (χ2n) is 2.81. The molecule has 1 aromatic carbocycles. The van der Waals surface area contributed by atoms with E-state index < -0.39 is 11.2 Å². The number of ether oxygens (including phenoxy) is 1. The molecule has 0 amide bonds. The Labute approximate surface area is 81.1 Å². The van der Waals surface area contributed by atoms with Crippen molar-refractivity contribution in [2.45, 2.75) is 12.6 Å². The Morgan fingerprint density at radius 1 is 1.57 bits per heavy atom. The number of para-hydroxylation sites is 1. The minimum atomic E-state index is -1.11. The molecule has 0 heterocycles. The van der Waals surface area contributed by atoms with E-state index in [1.165, 1.54) is 13.2 Å². The molecule has 1 aromatic rings. The summed E-state index contributed by atoms with van der Waals surface area (Å²) in [6, 6.07) is 6.49. The van der Waals surface area contributed by atoms with Crippen LogP contribution in [0.5, 0.6) is 5.75 Å². The van der Waals surface area contributed by atoms with Crippen molar-refractivity contribution < 1.29 is 14.8 Å². The predicted molar refractivity (Wildman–Crippen MR) is 49.6 cm³/mol. The molecule has 0 bridgehead atoms. The highest BCUT2D eigenvalue weighted by atomic mass is 16.7. The summed E-state index contributed by atoms with van der Waals surface area (Å²) in [5.41, 5.74) is 0.510. The standard InChI is InChI=1S/C9H11NO4/c1-14-9(10(12)13)6-7-4-2-3-5-8(7)11/h2-5,9,11H,6H2,1H3. The lowest BCUT2D eigenvalue weighted by atomic mass is 10.1. The molecular formula is C9H11NO4. The van der Waals surface area contributed by atoms with E-state index in [4.69, 9.17) is 0 Å². The second kappa shape index (κ2) is 4.57. The monoisotopic (exact) mass is 197 g/mol. The Morgan fingerprint density at radius 3 is 2.71 bits per heavy atom. The third-order valence-corrected chi connectivity index (χ3v) is 1.89. The van der Waals surface area contributed by atoms with Gasteiger partial charge in [-0.1, -0.05) is 18.2 Å². The molecule has 0 aliphatic rings. The lowest BCUT2D eigenvalue weighted by Crippen LogP contribution is -2.24. The van der Waals surface area contributed by atoms with Gasteiger partial charge in [0.05, 0.1) is 11.3 Å². The summed E-state index contributed by atoms with van der Waals surface area (Å²) >= 11 is 0. The molecule has 5 heteroatoms. The maximum Gasteiger partial charge on any atom is 0.319 e. The van der Waals surface area contributed by atoms with Crippen LogP contribution in [0.2, 0.25) is 0 Å². The van der Waals surface area contributed by atoms with Crippen molar-refractivity contribution in [1.82, 2.24) is 0 Å². The largest absolute Gasteiger partial charge is 0.508 e. The highest BCUT2D eigenvalue weighted by Crippen LogP contribution is 2.18. The molecular weight excluding hydrogens is 186 g/mol. The van der Waals surface area contributed by atoms with E-state index in [1.807, 2.05) is 0 Å². The van der Waals surface area contributed by atoms with Gasteiger partial charge >= 0.3 is 6.23 Å². The highest BCUT2D eigenvalue weighted by molar-refractivity contribution is 5.31. The molecule has 0 spiro atoms. The molecule has 1 atom stereocenters. The average Bonchev–Trinajstić information content (AvgIpc) is 2.16. The number of aromatic hydroxyl groups is 1. The first-order valence-corrected chi connectivity index (χ1v) is 4.08. The fraction of sp³-hybridized carbons (Fsp3) is 0.333.